The first-order valence-corrected chi connectivity index (χ1v) is 5.33. The lowest BCUT2D eigenvalue weighted by atomic mass is 9.98. The van der Waals surface area contributed by atoms with Crippen LogP contribution in [0.1, 0.15) is 53.4 Å². The zero-order chi connectivity index (χ0) is 9.40. The summed E-state index contributed by atoms with van der Waals surface area (Å²) >= 11 is 0. The topological polar surface area (TPSA) is 9.23 Å². The Labute approximate surface area is 77.5 Å². The molecule has 0 amide bonds. The fraction of sp³-hybridized carbons (Fsp3) is 1.00. The van der Waals surface area contributed by atoms with Gasteiger partial charge in [-0.25, -0.2) is 0 Å². The summed E-state index contributed by atoms with van der Waals surface area (Å²) in [6.45, 7) is 9.63. The number of rotatable bonds is 7. The highest BCUT2D eigenvalue weighted by Crippen LogP contribution is 2.15. The third-order valence-electron chi connectivity index (χ3n) is 2.49. The van der Waals surface area contributed by atoms with E-state index in [1.165, 1.54) is 25.7 Å². The molecule has 0 heterocycles. The van der Waals surface area contributed by atoms with Crippen LogP contribution in [-0.4, -0.2) is 12.7 Å². The highest BCUT2D eigenvalue weighted by Gasteiger charge is 2.10. The predicted octanol–water partition coefficient (Wildman–Crippen LogP) is 3.63. The molecule has 2 atom stereocenters. The second-order valence-electron chi connectivity index (χ2n) is 3.63. The van der Waals surface area contributed by atoms with E-state index in [1.54, 1.807) is 0 Å². The predicted molar refractivity (Wildman–Crippen MR) is 54.4 cm³/mol. The first-order valence-electron chi connectivity index (χ1n) is 5.33. The van der Waals surface area contributed by atoms with Crippen LogP contribution in [0.4, 0.5) is 0 Å². The molecule has 0 rings (SSSR count). The highest BCUT2D eigenvalue weighted by molar-refractivity contribution is 4.60. The summed E-state index contributed by atoms with van der Waals surface area (Å²) in [6, 6.07) is 0. The molecule has 0 radical (unpaired) electrons. The van der Waals surface area contributed by atoms with E-state index in [-0.39, 0.29) is 0 Å². The van der Waals surface area contributed by atoms with Gasteiger partial charge in [-0.3, -0.25) is 0 Å². The van der Waals surface area contributed by atoms with Crippen LogP contribution in [0, 0.1) is 5.92 Å². The first-order chi connectivity index (χ1) is 5.72. The van der Waals surface area contributed by atoms with Gasteiger partial charge in [0.1, 0.15) is 0 Å². The Morgan fingerprint density at radius 1 is 1.08 bits per heavy atom. The molecule has 0 aromatic heterocycles. The summed E-state index contributed by atoms with van der Waals surface area (Å²) in [5.74, 6) is 0.719. The lowest BCUT2D eigenvalue weighted by molar-refractivity contribution is 0.0353. The lowest BCUT2D eigenvalue weighted by Gasteiger charge is -2.19. The summed E-state index contributed by atoms with van der Waals surface area (Å²) < 4.78 is 5.53. The van der Waals surface area contributed by atoms with E-state index in [9.17, 15) is 0 Å². The minimum atomic E-state index is 0.437. The van der Waals surface area contributed by atoms with E-state index in [0.717, 1.165) is 12.5 Å². The van der Waals surface area contributed by atoms with Gasteiger partial charge in [-0.2, -0.15) is 0 Å². The molecule has 0 aliphatic heterocycles. The monoisotopic (exact) mass is 172 g/mol. The molecular formula is C11H24O. The Bertz CT molecular complexity index is 91.0. The van der Waals surface area contributed by atoms with Gasteiger partial charge in [0.25, 0.3) is 0 Å². The second-order valence-corrected chi connectivity index (χ2v) is 3.63. The zero-order valence-corrected chi connectivity index (χ0v) is 9.10. The van der Waals surface area contributed by atoms with Crippen molar-refractivity contribution in [2.24, 2.45) is 5.92 Å². The highest BCUT2D eigenvalue weighted by atomic mass is 16.5. The van der Waals surface area contributed by atoms with Gasteiger partial charge in [0.05, 0.1) is 6.10 Å². The van der Waals surface area contributed by atoms with Crippen molar-refractivity contribution >= 4 is 0 Å². The van der Waals surface area contributed by atoms with Crippen LogP contribution in [0.15, 0.2) is 0 Å². The minimum absolute atomic E-state index is 0.437. The molecule has 0 saturated heterocycles. The van der Waals surface area contributed by atoms with Gasteiger partial charge < -0.3 is 4.74 Å². The molecule has 1 heteroatoms. The van der Waals surface area contributed by atoms with Crippen molar-refractivity contribution in [1.29, 1.82) is 0 Å². The number of ether oxygens (including phenoxy) is 1. The first kappa shape index (κ1) is 12.0. The Hall–Kier alpha value is -0.0400. The third kappa shape index (κ3) is 5.59. The molecule has 1 nitrogen and oxygen atoms in total. The molecule has 0 aromatic rings. The van der Waals surface area contributed by atoms with Crippen molar-refractivity contribution in [2.75, 3.05) is 6.61 Å². The minimum Gasteiger partial charge on any atom is -0.379 e. The molecule has 0 saturated carbocycles. The summed E-state index contributed by atoms with van der Waals surface area (Å²) in [5, 5.41) is 0. The van der Waals surface area contributed by atoms with Crippen molar-refractivity contribution < 1.29 is 4.74 Å². The van der Waals surface area contributed by atoms with Gasteiger partial charge >= 0.3 is 0 Å². The number of unbranched alkanes of at least 4 members (excludes halogenated alkanes) is 2. The van der Waals surface area contributed by atoms with Crippen LogP contribution in [0.25, 0.3) is 0 Å². The molecule has 0 N–H and O–H groups in total. The summed E-state index contributed by atoms with van der Waals surface area (Å²) in [5.41, 5.74) is 0. The molecule has 0 aromatic carbocycles. The van der Waals surface area contributed by atoms with Crippen LogP contribution < -0.4 is 0 Å². The Balaban J connectivity index is 3.35. The molecule has 0 fully saturated rings. The van der Waals surface area contributed by atoms with Gasteiger partial charge in [0, 0.05) is 6.61 Å². The van der Waals surface area contributed by atoms with Crippen molar-refractivity contribution in [3.63, 3.8) is 0 Å². The lowest BCUT2D eigenvalue weighted by Crippen LogP contribution is -2.17. The second kappa shape index (κ2) is 7.60. The average molecular weight is 172 g/mol. The molecule has 0 aliphatic rings. The third-order valence-corrected chi connectivity index (χ3v) is 2.49. The largest absolute Gasteiger partial charge is 0.379 e. The fourth-order valence-corrected chi connectivity index (χ4v) is 1.38. The van der Waals surface area contributed by atoms with E-state index < -0.39 is 0 Å². The maximum Gasteiger partial charge on any atom is 0.0572 e. The molecular weight excluding hydrogens is 148 g/mol. The maximum atomic E-state index is 5.53. The van der Waals surface area contributed by atoms with Crippen molar-refractivity contribution in [3.8, 4) is 0 Å². The average Bonchev–Trinajstić information content (AvgIpc) is 2.05. The van der Waals surface area contributed by atoms with Crippen LogP contribution in [0.5, 0.6) is 0 Å². The van der Waals surface area contributed by atoms with Crippen LogP contribution in [-0.2, 0) is 4.74 Å². The van der Waals surface area contributed by atoms with E-state index in [4.69, 9.17) is 4.74 Å². The molecule has 0 aliphatic carbocycles. The molecule has 0 spiro atoms. The smallest absolute Gasteiger partial charge is 0.0572 e. The maximum absolute atomic E-state index is 5.53. The van der Waals surface area contributed by atoms with Gasteiger partial charge in [-0.15, -0.1) is 0 Å². The van der Waals surface area contributed by atoms with Gasteiger partial charge in [0.15, 0.2) is 0 Å². The fourth-order valence-electron chi connectivity index (χ4n) is 1.38. The Morgan fingerprint density at radius 3 is 2.25 bits per heavy atom. The van der Waals surface area contributed by atoms with E-state index in [1.807, 2.05) is 0 Å². The SMILES string of the molecule is CCCCCC(C)C(C)OCC. The normalized spacial score (nSPS) is 16.0. The van der Waals surface area contributed by atoms with E-state index >= 15 is 0 Å². The van der Waals surface area contributed by atoms with Gasteiger partial charge in [-0.05, 0) is 26.2 Å². The molecule has 2 unspecified atom stereocenters. The van der Waals surface area contributed by atoms with Gasteiger partial charge in [-0.1, -0.05) is 33.1 Å². The Morgan fingerprint density at radius 2 is 1.75 bits per heavy atom. The van der Waals surface area contributed by atoms with Crippen molar-refractivity contribution in [2.45, 2.75) is 59.5 Å². The van der Waals surface area contributed by atoms with Crippen molar-refractivity contribution in [1.82, 2.24) is 0 Å². The quantitative estimate of drug-likeness (QED) is 0.533. The van der Waals surface area contributed by atoms with E-state index in [2.05, 4.69) is 27.7 Å². The van der Waals surface area contributed by atoms with Crippen molar-refractivity contribution in [3.05, 3.63) is 0 Å². The number of hydrogen-bond donors (Lipinski definition) is 0. The molecule has 0 bridgehead atoms. The van der Waals surface area contributed by atoms with Crippen LogP contribution >= 0.6 is 0 Å². The Kier molecular flexibility index (Phi) is 7.58. The molecule has 12 heavy (non-hydrogen) atoms. The van der Waals surface area contributed by atoms with Gasteiger partial charge in [0.2, 0.25) is 0 Å². The van der Waals surface area contributed by atoms with Crippen LogP contribution in [0.2, 0.25) is 0 Å². The summed E-state index contributed by atoms with van der Waals surface area (Å²) in [7, 11) is 0. The van der Waals surface area contributed by atoms with E-state index in [0.29, 0.717) is 6.10 Å². The van der Waals surface area contributed by atoms with Crippen LogP contribution in [0.3, 0.4) is 0 Å². The zero-order valence-electron chi connectivity index (χ0n) is 9.10. The summed E-state index contributed by atoms with van der Waals surface area (Å²) in [4.78, 5) is 0. The molecule has 74 valence electrons. The number of hydrogen-bond acceptors (Lipinski definition) is 1. The summed E-state index contributed by atoms with van der Waals surface area (Å²) in [6.07, 6.45) is 5.79. The standard InChI is InChI=1S/C11H24O/c1-5-7-8-9-10(3)11(4)12-6-2/h10-11H,5-9H2,1-4H3.